The Kier molecular flexibility index (Phi) is 3.83. The molecular weight excluding hydrogens is 249 g/mol. The van der Waals surface area contributed by atoms with E-state index in [2.05, 4.69) is 0 Å². The van der Waals surface area contributed by atoms with Gasteiger partial charge in [0.1, 0.15) is 11.9 Å². The molecule has 0 bridgehead atoms. The Balaban J connectivity index is 2.20. The summed E-state index contributed by atoms with van der Waals surface area (Å²) in [7, 11) is 0. The van der Waals surface area contributed by atoms with Crippen molar-refractivity contribution in [2.75, 3.05) is 6.54 Å². The third kappa shape index (κ3) is 2.59. The molecular formula is C14H16FNO3. The lowest BCUT2D eigenvalue weighted by atomic mass is 9.99. The van der Waals surface area contributed by atoms with Gasteiger partial charge in [-0.1, -0.05) is 18.2 Å². The number of rotatable bonds is 3. The van der Waals surface area contributed by atoms with E-state index < -0.39 is 23.7 Å². The van der Waals surface area contributed by atoms with E-state index in [4.69, 9.17) is 5.11 Å². The van der Waals surface area contributed by atoms with Crippen LogP contribution in [0.3, 0.4) is 0 Å². The molecule has 5 heteroatoms. The third-order valence-corrected chi connectivity index (χ3v) is 3.56. The van der Waals surface area contributed by atoms with Gasteiger partial charge < -0.3 is 10.0 Å². The van der Waals surface area contributed by atoms with Crippen molar-refractivity contribution >= 4 is 11.9 Å². The minimum Gasteiger partial charge on any atom is -0.480 e. The highest BCUT2D eigenvalue weighted by Crippen LogP contribution is 2.26. The number of carboxylic acids is 1. The highest BCUT2D eigenvalue weighted by Gasteiger charge is 2.36. The number of carbonyl (C=O) groups is 2. The Hall–Kier alpha value is -1.91. The second kappa shape index (κ2) is 5.38. The third-order valence-electron chi connectivity index (χ3n) is 3.56. The molecule has 0 spiro atoms. The lowest BCUT2D eigenvalue weighted by Gasteiger charge is -2.25. The lowest BCUT2D eigenvalue weighted by Crippen LogP contribution is -2.42. The molecule has 1 N–H and O–H groups in total. The lowest BCUT2D eigenvalue weighted by molar-refractivity contribution is -0.148. The molecule has 1 heterocycles. The molecule has 1 amide bonds. The van der Waals surface area contributed by atoms with Crippen molar-refractivity contribution in [1.29, 1.82) is 0 Å². The van der Waals surface area contributed by atoms with Crippen LogP contribution in [0.5, 0.6) is 0 Å². The molecule has 19 heavy (non-hydrogen) atoms. The number of nitrogens with zero attached hydrogens (tertiary/aromatic N) is 1. The molecule has 1 aromatic carbocycles. The highest BCUT2D eigenvalue weighted by atomic mass is 19.1. The van der Waals surface area contributed by atoms with Gasteiger partial charge in [0, 0.05) is 6.54 Å². The Morgan fingerprint density at radius 2 is 2.11 bits per heavy atom. The summed E-state index contributed by atoms with van der Waals surface area (Å²) in [6.45, 7) is 2.03. The van der Waals surface area contributed by atoms with Gasteiger partial charge in [-0.15, -0.1) is 0 Å². The minimum atomic E-state index is -0.994. The van der Waals surface area contributed by atoms with E-state index in [1.807, 2.05) is 0 Å². The SMILES string of the molecule is CC(C(=O)N1CCC[C@@H]1C(=O)O)c1ccccc1F. The molecule has 2 rings (SSSR count). The molecule has 0 radical (unpaired) electrons. The van der Waals surface area contributed by atoms with Gasteiger partial charge in [-0.05, 0) is 31.4 Å². The summed E-state index contributed by atoms with van der Waals surface area (Å²) in [6, 6.07) is 5.32. The average Bonchev–Trinajstić information content (AvgIpc) is 2.87. The van der Waals surface area contributed by atoms with Crippen LogP contribution in [-0.2, 0) is 9.59 Å². The summed E-state index contributed by atoms with van der Waals surface area (Å²) in [4.78, 5) is 24.7. The van der Waals surface area contributed by atoms with E-state index in [0.29, 0.717) is 24.9 Å². The monoisotopic (exact) mass is 265 g/mol. The van der Waals surface area contributed by atoms with Crippen LogP contribution in [0.2, 0.25) is 0 Å². The van der Waals surface area contributed by atoms with Gasteiger partial charge in [0.05, 0.1) is 5.92 Å². The van der Waals surface area contributed by atoms with Gasteiger partial charge in [-0.3, -0.25) is 4.79 Å². The van der Waals surface area contributed by atoms with Crippen molar-refractivity contribution in [2.45, 2.75) is 31.7 Å². The number of aliphatic carboxylic acids is 1. The Labute approximate surface area is 110 Å². The number of likely N-dealkylation sites (tertiary alicyclic amines) is 1. The number of amides is 1. The standard InChI is InChI=1S/C14H16FNO3/c1-9(10-5-2-3-6-11(10)15)13(17)16-8-4-7-12(16)14(18)19/h2-3,5-6,9,12H,4,7-8H2,1H3,(H,18,19)/t9?,12-/m1/s1. The van der Waals surface area contributed by atoms with Gasteiger partial charge in [0.25, 0.3) is 0 Å². The van der Waals surface area contributed by atoms with Crippen molar-refractivity contribution < 1.29 is 19.1 Å². The number of carboxylic acid groups (broad SMARTS) is 1. The van der Waals surface area contributed by atoms with Crippen molar-refractivity contribution in [3.63, 3.8) is 0 Å². The first-order valence-corrected chi connectivity index (χ1v) is 6.30. The molecule has 1 unspecified atom stereocenters. The normalized spacial score (nSPS) is 20.3. The molecule has 2 atom stereocenters. The summed E-state index contributed by atoms with van der Waals surface area (Å²) in [5, 5.41) is 9.07. The number of halogens is 1. The Morgan fingerprint density at radius 1 is 1.42 bits per heavy atom. The van der Waals surface area contributed by atoms with E-state index in [0.717, 1.165) is 0 Å². The van der Waals surface area contributed by atoms with Crippen LogP contribution >= 0.6 is 0 Å². The fraction of sp³-hybridized carbons (Fsp3) is 0.429. The zero-order valence-electron chi connectivity index (χ0n) is 10.7. The van der Waals surface area contributed by atoms with Crippen molar-refractivity contribution in [3.8, 4) is 0 Å². The van der Waals surface area contributed by atoms with Crippen molar-refractivity contribution in [3.05, 3.63) is 35.6 Å². The van der Waals surface area contributed by atoms with E-state index in [1.165, 1.54) is 11.0 Å². The zero-order valence-corrected chi connectivity index (χ0v) is 10.7. The predicted molar refractivity (Wildman–Crippen MR) is 67.2 cm³/mol. The molecule has 0 saturated carbocycles. The first kappa shape index (κ1) is 13.5. The van der Waals surface area contributed by atoms with Gasteiger partial charge in [0.15, 0.2) is 0 Å². The largest absolute Gasteiger partial charge is 0.480 e. The van der Waals surface area contributed by atoms with Crippen molar-refractivity contribution in [2.24, 2.45) is 0 Å². The maximum Gasteiger partial charge on any atom is 0.326 e. The fourth-order valence-electron chi connectivity index (χ4n) is 2.50. The molecule has 1 aromatic rings. The highest BCUT2D eigenvalue weighted by molar-refractivity contribution is 5.88. The van der Waals surface area contributed by atoms with Crippen LogP contribution < -0.4 is 0 Å². The molecule has 1 saturated heterocycles. The number of benzene rings is 1. The Morgan fingerprint density at radius 3 is 2.74 bits per heavy atom. The quantitative estimate of drug-likeness (QED) is 0.909. The minimum absolute atomic E-state index is 0.309. The van der Waals surface area contributed by atoms with Crippen LogP contribution in [-0.4, -0.2) is 34.5 Å². The summed E-state index contributed by atoms with van der Waals surface area (Å²) in [5.41, 5.74) is 0.309. The van der Waals surface area contributed by atoms with Crippen LogP contribution in [0, 0.1) is 5.82 Å². The van der Waals surface area contributed by atoms with Gasteiger partial charge in [0.2, 0.25) is 5.91 Å². The molecule has 1 aliphatic rings. The molecule has 0 aliphatic carbocycles. The number of hydrogen-bond donors (Lipinski definition) is 1. The molecule has 0 aromatic heterocycles. The first-order chi connectivity index (χ1) is 9.02. The molecule has 1 aliphatic heterocycles. The topological polar surface area (TPSA) is 57.6 Å². The second-order valence-electron chi connectivity index (χ2n) is 4.77. The summed E-state index contributed by atoms with van der Waals surface area (Å²) < 4.78 is 13.7. The maximum absolute atomic E-state index is 13.7. The molecule has 4 nitrogen and oxygen atoms in total. The van der Waals surface area contributed by atoms with E-state index in [9.17, 15) is 14.0 Å². The zero-order chi connectivity index (χ0) is 14.0. The Bertz CT molecular complexity index is 503. The maximum atomic E-state index is 13.7. The fourth-order valence-corrected chi connectivity index (χ4v) is 2.50. The van der Waals surface area contributed by atoms with E-state index >= 15 is 0 Å². The average molecular weight is 265 g/mol. The molecule has 102 valence electrons. The van der Waals surface area contributed by atoms with Gasteiger partial charge in [-0.2, -0.15) is 0 Å². The van der Waals surface area contributed by atoms with Gasteiger partial charge >= 0.3 is 5.97 Å². The van der Waals surface area contributed by atoms with Crippen LogP contribution in [0.4, 0.5) is 4.39 Å². The second-order valence-corrected chi connectivity index (χ2v) is 4.77. The van der Waals surface area contributed by atoms with Crippen LogP contribution in [0.15, 0.2) is 24.3 Å². The summed E-state index contributed by atoms with van der Waals surface area (Å²) in [5.74, 6) is -2.42. The first-order valence-electron chi connectivity index (χ1n) is 6.30. The summed E-state index contributed by atoms with van der Waals surface area (Å²) >= 11 is 0. The van der Waals surface area contributed by atoms with Crippen LogP contribution in [0.1, 0.15) is 31.2 Å². The van der Waals surface area contributed by atoms with Crippen LogP contribution in [0.25, 0.3) is 0 Å². The molecule has 1 fully saturated rings. The van der Waals surface area contributed by atoms with E-state index in [-0.39, 0.29) is 5.91 Å². The number of carbonyl (C=O) groups excluding carboxylic acids is 1. The smallest absolute Gasteiger partial charge is 0.326 e. The predicted octanol–water partition coefficient (Wildman–Crippen LogP) is 2.00. The van der Waals surface area contributed by atoms with Gasteiger partial charge in [-0.25, -0.2) is 9.18 Å². The van der Waals surface area contributed by atoms with E-state index in [1.54, 1.807) is 25.1 Å². The number of hydrogen-bond acceptors (Lipinski definition) is 2. The summed E-state index contributed by atoms with van der Waals surface area (Å²) in [6.07, 6.45) is 1.14. The van der Waals surface area contributed by atoms with Crippen molar-refractivity contribution in [1.82, 2.24) is 4.90 Å².